The van der Waals surface area contributed by atoms with Crippen LogP contribution in [0.4, 0.5) is 0 Å². The summed E-state index contributed by atoms with van der Waals surface area (Å²) in [5.41, 5.74) is 5.69. The molecule has 6 heteroatoms. The molecule has 1 aliphatic heterocycles. The topological polar surface area (TPSA) is 71.0 Å². The van der Waals surface area contributed by atoms with Crippen LogP contribution in [0, 0.1) is 0 Å². The number of methoxy groups -OCH3 is 2. The minimum absolute atomic E-state index is 0.0127. The van der Waals surface area contributed by atoms with Crippen LogP contribution >= 0.6 is 0 Å². The van der Waals surface area contributed by atoms with E-state index in [4.69, 9.17) is 9.47 Å². The number of aliphatic hydroxyl groups excluding tert-OH is 1. The standard InChI is InChI=1S/C33H34N2O4/c1-38-30-18-25-13-14-35(20-32(37)34-33-26-10-6-5-9-24(26)17-29(33)36)28(27(25)19-31(30)39-2)16-21-11-12-22-7-3-4-8-23(22)15-21/h3-12,15,18-19,28-29,33,36H,13-14,16-17,20H2,1-2H3,(H,34,37)/t28?,29-,33+/m1/s1. The maximum absolute atomic E-state index is 13.4. The summed E-state index contributed by atoms with van der Waals surface area (Å²) in [4.78, 5) is 15.7. The lowest BCUT2D eigenvalue weighted by molar-refractivity contribution is -0.124. The first-order valence-electron chi connectivity index (χ1n) is 13.6. The molecule has 1 heterocycles. The monoisotopic (exact) mass is 522 g/mol. The van der Waals surface area contributed by atoms with Crippen molar-refractivity contribution < 1.29 is 19.4 Å². The van der Waals surface area contributed by atoms with Gasteiger partial charge < -0.3 is 19.9 Å². The SMILES string of the molecule is COc1cc2c(cc1OC)C(Cc1ccc3ccccc3c1)N(CC(=O)N[C@H]1c3ccccc3C[C@H]1O)CC2. The summed E-state index contributed by atoms with van der Waals surface area (Å²) in [6, 6.07) is 26.7. The smallest absolute Gasteiger partial charge is 0.234 e. The highest BCUT2D eigenvalue weighted by atomic mass is 16.5. The quantitative estimate of drug-likeness (QED) is 0.366. The summed E-state index contributed by atoms with van der Waals surface area (Å²) < 4.78 is 11.2. The van der Waals surface area contributed by atoms with Crippen LogP contribution in [0.25, 0.3) is 10.8 Å². The predicted octanol–water partition coefficient (Wildman–Crippen LogP) is 4.77. The second kappa shape index (κ2) is 10.7. The average molecular weight is 523 g/mol. The summed E-state index contributed by atoms with van der Waals surface area (Å²) in [5.74, 6) is 1.33. The fourth-order valence-corrected chi connectivity index (χ4v) is 6.25. The van der Waals surface area contributed by atoms with Gasteiger partial charge in [0, 0.05) is 19.0 Å². The van der Waals surface area contributed by atoms with Crippen molar-refractivity contribution in [2.24, 2.45) is 0 Å². The van der Waals surface area contributed by atoms with Crippen LogP contribution in [0.1, 0.15) is 39.9 Å². The van der Waals surface area contributed by atoms with Crippen LogP contribution in [0.3, 0.4) is 0 Å². The Kier molecular flexibility index (Phi) is 6.98. The van der Waals surface area contributed by atoms with Crippen LogP contribution in [0.2, 0.25) is 0 Å². The van der Waals surface area contributed by atoms with Crippen molar-refractivity contribution >= 4 is 16.7 Å². The predicted molar refractivity (Wildman–Crippen MR) is 152 cm³/mol. The molecule has 6 nitrogen and oxygen atoms in total. The normalized spacial score (nSPS) is 20.3. The molecule has 39 heavy (non-hydrogen) atoms. The van der Waals surface area contributed by atoms with Crippen LogP contribution in [0.5, 0.6) is 11.5 Å². The molecule has 0 bridgehead atoms. The molecule has 0 saturated carbocycles. The Morgan fingerprint density at radius 1 is 0.897 bits per heavy atom. The Hall–Kier alpha value is -3.87. The highest BCUT2D eigenvalue weighted by molar-refractivity contribution is 5.83. The van der Waals surface area contributed by atoms with Crippen molar-refractivity contribution in [3.05, 3.63) is 107 Å². The maximum atomic E-state index is 13.4. The molecule has 1 aliphatic carbocycles. The van der Waals surface area contributed by atoms with E-state index in [-0.39, 0.29) is 24.5 Å². The van der Waals surface area contributed by atoms with Gasteiger partial charge in [-0.1, -0.05) is 66.7 Å². The van der Waals surface area contributed by atoms with E-state index in [1.165, 1.54) is 21.9 Å². The van der Waals surface area contributed by atoms with Crippen LogP contribution in [0.15, 0.2) is 78.9 Å². The number of nitrogens with zero attached hydrogens (tertiary/aromatic N) is 1. The fourth-order valence-electron chi connectivity index (χ4n) is 6.25. The number of carbonyl (C=O) groups excluding carboxylic acids is 1. The number of hydrogen-bond donors (Lipinski definition) is 2. The molecular formula is C33H34N2O4. The Morgan fingerprint density at radius 3 is 2.46 bits per heavy atom. The van der Waals surface area contributed by atoms with Gasteiger partial charge in [0.15, 0.2) is 11.5 Å². The van der Waals surface area contributed by atoms with Crippen LogP contribution < -0.4 is 14.8 Å². The molecular weight excluding hydrogens is 488 g/mol. The third-order valence-corrected chi connectivity index (χ3v) is 8.22. The van der Waals surface area contributed by atoms with Crippen molar-refractivity contribution in [3.63, 3.8) is 0 Å². The molecule has 3 atom stereocenters. The number of fused-ring (bicyclic) bond motifs is 3. The largest absolute Gasteiger partial charge is 0.493 e. The van der Waals surface area contributed by atoms with Crippen molar-refractivity contribution in [2.75, 3.05) is 27.3 Å². The molecule has 1 unspecified atom stereocenters. The molecule has 0 aromatic heterocycles. The molecule has 200 valence electrons. The van der Waals surface area contributed by atoms with Gasteiger partial charge in [0.05, 0.1) is 32.9 Å². The molecule has 0 saturated heterocycles. The highest BCUT2D eigenvalue weighted by Crippen LogP contribution is 2.40. The lowest BCUT2D eigenvalue weighted by Gasteiger charge is -2.38. The molecule has 6 rings (SSSR count). The number of rotatable bonds is 7. The van der Waals surface area contributed by atoms with Gasteiger partial charge in [-0.25, -0.2) is 0 Å². The van der Waals surface area contributed by atoms with Crippen LogP contribution in [-0.4, -0.2) is 49.3 Å². The van der Waals surface area contributed by atoms with E-state index >= 15 is 0 Å². The van der Waals surface area contributed by atoms with Gasteiger partial charge in [0.1, 0.15) is 0 Å². The van der Waals surface area contributed by atoms with Gasteiger partial charge >= 0.3 is 0 Å². The van der Waals surface area contributed by atoms with Crippen molar-refractivity contribution in [2.45, 2.75) is 37.5 Å². The Labute approximate surface area is 229 Å². The Balaban J connectivity index is 1.29. The average Bonchev–Trinajstić information content (AvgIpc) is 3.27. The van der Waals surface area contributed by atoms with Gasteiger partial charge in [-0.15, -0.1) is 0 Å². The summed E-state index contributed by atoms with van der Waals surface area (Å²) >= 11 is 0. The first-order valence-corrected chi connectivity index (χ1v) is 13.6. The first-order chi connectivity index (χ1) is 19.0. The van der Waals surface area contributed by atoms with Gasteiger partial charge in [0.25, 0.3) is 0 Å². The fraction of sp³-hybridized carbons (Fsp3) is 0.303. The van der Waals surface area contributed by atoms with Gasteiger partial charge in [0.2, 0.25) is 5.91 Å². The third kappa shape index (κ3) is 4.98. The lowest BCUT2D eigenvalue weighted by Crippen LogP contribution is -2.45. The lowest BCUT2D eigenvalue weighted by atomic mass is 9.87. The van der Waals surface area contributed by atoms with E-state index in [2.05, 4.69) is 64.8 Å². The van der Waals surface area contributed by atoms with E-state index in [1.54, 1.807) is 14.2 Å². The van der Waals surface area contributed by atoms with Crippen molar-refractivity contribution in [1.29, 1.82) is 0 Å². The molecule has 4 aromatic carbocycles. The van der Waals surface area contributed by atoms with Gasteiger partial charge in [-0.05, 0) is 63.6 Å². The zero-order chi connectivity index (χ0) is 26.9. The van der Waals surface area contributed by atoms with Crippen molar-refractivity contribution in [1.82, 2.24) is 10.2 Å². The third-order valence-electron chi connectivity index (χ3n) is 8.22. The van der Waals surface area contributed by atoms with Gasteiger partial charge in [-0.3, -0.25) is 9.69 Å². The number of benzene rings is 4. The second-order valence-electron chi connectivity index (χ2n) is 10.5. The highest BCUT2D eigenvalue weighted by Gasteiger charge is 2.34. The second-order valence-corrected chi connectivity index (χ2v) is 10.5. The van der Waals surface area contributed by atoms with E-state index in [0.29, 0.717) is 12.2 Å². The minimum atomic E-state index is -0.612. The molecule has 0 radical (unpaired) electrons. The maximum Gasteiger partial charge on any atom is 0.234 e. The van der Waals surface area contributed by atoms with E-state index in [0.717, 1.165) is 41.8 Å². The molecule has 4 aromatic rings. The number of hydrogen-bond acceptors (Lipinski definition) is 5. The molecule has 2 N–H and O–H groups in total. The molecule has 0 spiro atoms. The number of aliphatic hydroxyl groups is 1. The number of carbonyl (C=O) groups is 1. The molecule has 2 aliphatic rings. The van der Waals surface area contributed by atoms with E-state index in [9.17, 15) is 9.90 Å². The summed E-state index contributed by atoms with van der Waals surface area (Å²) in [7, 11) is 3.31. The van der Waals surface area contributed by atoms with E-state index in [1.807, 2.05) is 24.3 Å². The van der Waals surface area contributed by atoms with Crippen LogP contribution in [-0.2, 0) is 24.1 Å². The number of ether oxygens (including phenoxy) is 2. The summed E-state index contributed by atoms with van der Waals surface area (Å²) in [6.07, 6.45) is 1.52. The number of amides is 1. The zero-order valence-corrected chi connectivity index (χ0v) is 22.4. The zero-order valence-electron chi connectivity index (χ0n) is 22.4. The molecule has 1 amide bonds. The number of nitrogens with one attached hydrogen (secondary N) is 1. The minimum Gasteiger partial charge on any atom is -0.493 e. The summed E-state index contributed by atoms with van der Waals surface area (Å²) in [6.45, 7) is 0.995. The van der Waals surface area contributed by atoms with Crippen molar-refractivity contribution in [3.8, 4) is 11.5 Å². The Bertz CT molecular complexity index is 1520. The summed E-state index contributed by atoms with van der Waals surface area (Å²) in [5, 5.41) is 16.2. The molecule has 0 fully saturated rings. The van der Waals surface area contributed by atoms with E-state index < -0.39 is 6.10 Å². The Morgan fingerprint density at radius 2 is 1.64 bits per heavy atom. The first kappa shape index (κ1) is 25.4. The van der Waals surface area contributed by atoms with Gasteiger partial charge in [-0.2, -0.15) is 0 Å².